The average Bonchev–Trinajstić information content (AvgIpc) is 2.46. The van der Waals surface area contributed by atoms with Crippen molar-refractivity contribution in [2.75, 3.05) is 12.3 Å². The van der Waals surface area contributed by atoms with Gasteiger partial charge in [0.1, 0.15) is 0 Å². The summed E-state index contributed by atoms with van der Waals surface area (Å²) < 4.78 is 26.5. The third-order valence-corrected chi connectivity index (χ3v) is 5.17. The molecule has 1 aromatic carbocycles. The average molecular weight is 317 g/mol. The third-order valence-electron chi connectivity index (χ3n) is 3.56. The first kappa shape index (κ1) is 15.8. The zero-order chi connectivity index (χ0) is 14.4. The van der Waals surface area contributed by atoms with Crippen LogP contribution in [0.3, 0.4) is 0 Å². The van der Waals surface area contributed by atoms with E-state index in [1.165, 1.54) is 12.8 Å². The molecular weight excluding hydrogens is 296 g/mol. The highest BCUT2D eigenvalue weighted by Gasteiger charge is 2.17. The summed E-state index contributed by atoms with van der Waals surface area (Å²) in [7, 11) is -3.21. The lowest BCUT2D eigenvalue weighted by Crippen LogP contribution is -2.37. The molecule has 1 aliphatic heterocycles. The Kier molecular flexibility index (Phi) is 5.84. The molecule has 4 nitrogen and oxygen atoms in total. The molecule has 0 spiro atoms. The van der Waals surface area contributed by atoms with Gasteiger partial charge in [0.15, 0.2) is 0 Å². The largest absolute Gasteiger partial charge is 0.314 e. The van der Waals surface area contributed by atoms with Gasteiger partial charge in [0.25, 0.3) is 0 Å². The zero-order valence-corrected chi connectivity index (χ0v) is 13.0. The molecule has 2 N–H and O–H groups in total. The summed E-state index contributed by atoms with van der Waals surface area (Å²) in [5, 5.41) is 4.02. The molecule has 0 bridgehead atoms. The van der Waals surface area contributed by atoms with Gasteiger partial charge in [-0.05, 0) is 43.5 Å². The minimum Gasteiger partial charge on any atom is -0.314 e. The molecule has 0 saturated carbocycles. The third kappa shape index (κ3) is 5.40. The van der Waals surface area contributed by atoms with Gasteiger partial charge in [-0.25, -0.2) is 13.1 Å². The Balaban J connectivity index is 1.76. The summed E-state index contributed by atoms with van der Waals surface area (Å²) in [6.45, 7) is 1.32. The monoisotopic (exact) mass is 316 g/mol. The highest BCUT2D eigenvalue weighted by Crippen LogP contribution is 2.12. The summed E-state index contributed by atoms with van der Waals surface area (Å²) in [6, 6.07) is 7.52. The van der Waals surface area contributed by atoms with Gasteiger partial charge in [0.05, 0.1) is 5.75 Å². The van der Waals surface area contributed by atoms with E-state index in [2.05, 4.69) is 10.0 Å². The molecule has 1 heterocycles. The number of sulfonamides is 1. The lowest BCUT2D eigenvalue weighted by atomic mass is 10.0. The molecule has 2 rings (SSSR count). The van der Waals surface area contributed by atoms with Crippen molar-refractivity contribution in [2.45, 2.75) is 38.3 Å². The van der Waals surface area contributed by atoms with Crippen LogP contribution in [-0.4, -0.2) is 26.8 Å². The van der Waals surface area contributed by atoms with Crippen LogP contribution >= 0.6 is 11.6 Å². The fourth-order valence-electron chi connectivity index (χ4n) is 2.34. The van der Waals surface area contributed by atoms with Gasteiger partial charge >= 0.3 is 0 Å². The van der Waals surface area contributed by atoms with Crippen LogP contribution in [0.15, 0.2) is 24.3 Å². The number of nitrogens with one attached hydrogen (secondary N) is 2. The second-order valence-corrected chi connectivity index (χ2v) is 7.56. The molecule has 0 radical (unpaired) electrons. The fraction of sp³-hybridized carbons (Fsp3) is 0.571. The van der Waals surface area contributed by atoms with Crippen molar-refractivity contribution >= 4 is 21.6 Å². The van der Waals surface area contributed by atoms with E-state index in [-0.39, 0.29) is 5.75 Å². The van der Waals surface area contributed by atoms with Crippen LogP contribution in [0.5, 0.6) is 0 Å². The van der Waals surface area contributed by atoms with Crippen LogP contribution in [0, 0.1) is 0 Å². The lowest BCUT2D eigenvalue weighted by molar-refractivity contribution is 0.392. The van der Waals surface area contributed by atoms with Crippen molar-refractivity contribution in [1.82, 2.24) is 10.0 Å². The highest BCUT2D eigenvalue weighted by atomic mass is 35.5. The van der Waals surface area contributed by atoms with E-state index < -0.39 is 10.0 Å². The van der Waals surface area contributed by atoms with Crippen LogP contribution in [0.4, 0.5) is 0 Å². The van der Waals surface area contributed by atoms with E-state index in [4.69, 9.17) is 11.6 Å². The van der Waals surface area contributed by atoms with E-state index in [1.807, 2.05) is 12.1 Å². The van der Waals surface area contributed by atoms with E-state index >= 15 is 0 Å². The topological polar surface area (TPSA) is 58.2 Å². The Labute approximate surface area is 126 Å². The number of halogens is 1. The fourth-order valence-corrected chi connectivity index (χ4v) is 3.59. The van der Waals surface area contributed by atoms with Crippen molar-refractivity contribution < 1.29 is 8.42 Å². The van der Waals surface area contributed by atoms with E-state index in [9.17, 15) is 8.42 Å². The van der Waals surface area contributed by atoms with Gasteiger partial charge in [-0.15, -0.1) is 0 Å². The molecule has 0 aromatic heterocycles. The molecule has 0 amide bonds. The van der Waals surface area contributed by atoms with E-state index in [1.54, 1.807) is 12.1 Å². The first-order valence-corrected chi connectivity index (χ1v) is 9.03. The number of rotatable bonds is 6. The van der Waals surface area contributed by atoms with Crippen molar-refractivity contribution in [3.63, 3.8) is 0 Å². The van der Waals surface area contributed by atoms with Crippen LogP contribution in [0.25, 0.3) is 0 Å². The SMILES string of the molecule is O=S(=O)(CCC1CCCCN1)NCc1ccc(Cl)cc1. The Bertz CT molecular complexity index is 510. The predicted molar refractivity (Wildman–Crippen MR) is 82.3 cm³/mol. The second-order valence-electron chi connectivity index (χ2n) is 5.20. The maximum atomic E-state index is 11.9. The van der Waals surface area contributed by atoms with Gasteiger partial charge in [0, 0.05) is 17.6 Å². The van der Waals surface area contributed by atoms with Gasteiger partial charge in [-0.3, -0.25) is 0 Å². The number of hydrogen-bond donors (Lipinski definition) is 2. The Morgan fingerprint density at radius 2 is 2.00 bits per heavy atom. The predicted octanol–water partition coefficient (Wildman–Crippen LogP) is 2.29. The Morgan fingerprint density at radius 3 is 2.65 bits per heavy atom. The molecule has 1 fully saturated rings. The second kappa shape index (κ2) is 7.41. The first-order valence-electron chi connectivity index (χ1n) is 7.00. The molecular formula is C14H21ClN2O2S. The van der Waals surface area contributed by atoms with E-state index in [0.29, 0.717) is 24.0 Å². The molecule has 1 unspecified atom stereocenters. The smallest absolute Gasteiger partial charge is 0.211 e. The quantitative estimate of drug-likeness (QED) is 0.846. The Morgan fingerprint density at radius 1 is 1.25 bits per heavy atom. The van der Waals surface area contributed by atoms with Gasteiger partial charge in [-0.1, -0.05) is 30.2 Å². The first-order chi connectivity index (χ1) is 9.55. The standard InChI is InChI=1S/C14H21ClN2O2S/c15-13-6-4-12(5-7-13)11-17-20(18,19)10-8-14-3-1-2-9-16-14/h4-7,14,16-17H,1-3,8-11H2. The van der Waals surface area contributed by atoms with Crippen LogP contribution in [0.1, 0.15) is 31.2 Å². The van der Waals surface area contributed by atoms with Gasteiger partial charge in [-0.2, -0.15) is 0 Å². The van der Waals surface area contributed by atoms with Crippen molar-refractivity contribution in [3.05, 3.63) is 34.9 Å². The van der Waals surface area contributed by atoms with Crippen LogP contribution < -0.4 is 10.0 Å². The summed E-state index contributed by atoms with van der Waals surface area (Å²) in [5.41, 5.74) is 0.911. The van der Waals surface area contributed by atoms with Crippen molar-refractivity contribution in [2.24, 2.45) is 0 Å². The summed E-state index contributed by atoms with van der Waals surface area (Å²) >= 11 is 5.79. The van der Waals surface area contributed by atoms with Gasteiger partial charge < -0.3 is 5.32 Å². The molecule has 1 saturated heterocycles. The molecule has 112 valence electrons. The van der Waals surface area contributed by atoms with Crippen molar-refractivity contribution in [1.29, 1.82) is 0 Å². The van der Waals surface area contributed by atoms with Crippen LogP contribution in [-0.2, 0) is 16.6 Å². The molecule has 1 atom stereocenters. The number of piperidine rings is 1. The van der Waals surface area contributed by atoms with Crippen molar-refractivity contribution in [3.8, 4) is 0 Å². The maximum absolute atomic E-state index is 11.9. The molecule has 20 heavy (non-hydrogen) atoms. The molecule has 1 aromatic rings. The lowest BCUT2D eigenvalue weighted by Gasteiger charge is -2.23. The summed E-state index contributed by atoms with van der Waals surface area (Å²) in [5.74, 6) is 0.179. The summed E-state index contributed by atoms with van der Waals surface area (Å²) in [6.07, 6.45) is 4.14. The van der Waals surface area contributed by atoms with Crippen LogP contribution in [0.2, 0.25) is 5.02 Å². The molecule has 6 heteroatoms. The van der Waals surface area contributed by atoms with E-state index in [0.717, 1.165) is 18.5 Å². The zero-order valence-electron chi connectivity index (χ0n) is 11.4. The van der Waals surface area contributed by atoms with Gasteiger partial charge in [0.2, 0.25) is 10.0 Å². The maximum Gasteiger partial charge on any atom is 0.211 e. The number of hydrogen-bond acceptors (Lipinski definition) is 3. The minimum atomic E-state index is -3.21. The molecule has 1 aliphatic rings. The molecule has 0 aliphatic carbocycles. The highest BCUT2D eigenvalue weighted by molar-refractivity contribution is 7.89. The normalized spacial score (nSPS) is 19.9. The minimum absolute atomic E-state index is 0.179. The summed E-state index contributed by atoms with van der Waals surface area (Å²) in [4.78, 5) is 0. The Hall–Kier alpha value is -0.620. The number of benzene rings is 1.